The Hall–Kier alpha value is -1.56. The molecular formula is C10H6F3NOS. The lowest BCUT2D eigenvalue weighted by molar-refractivity contribution is -0.137. The molecule has 1 aromatic heterocycles. The van der Waals surface area contributed by atoms with Crippen LogP contribution in [0.25, 0.3) is 0 Å². The Morgan fingerprint density at radius 3 is 2.62 bits per heavy atom. The van der Waals surface area contributed by atoms with Gasteiger partial charge in [0.25, 0.3) is 0 Å². The first-order chi connectivity index (χ1) is 7.55. The molecule has 1 heterocycles. The number of alkyl halides is 3. The van der Waals surface area contributed by atoms with E-state index in [4.69, 9.17) is 4.74 Å². The van der Waals surface area contributed by atoms with Crippen LogP contribution in [0.1, 0.15) is 5.56 Å². The summed E-state index contributed by atoms with van der Waals surface area (Å²) >= 11 is 1.17. The summed E-state index contributed by atoms with van der Waals surface area (Å²) in [6, 6.07) is 4.72. The van der Waals surface area contributed by atoms with Gasteiger partial charge in [-0.3, -0.25) is 0 Å². The number of nitrogens with zero attached hydrogens (tertiary/aromatic N) is 1. The van der Waals surface area contributed by atoms with Crippen LogP contribution in [0.4, 0.5) is 13.2 Å². The summed E-state index contributed by atoms with van der Waals surface area (Å²) in [5.41, 5.74) is -0.729. The minimum atomic E-state index is -4.35. The molecule has 84 valence electrons. The van der Waals surface area contributed by atoms with Crippen LogP contribution < -0.4 is 4.74 Å². The molecule has 0 aliphatic heterocycles. The molecule has 2 nitrogen and oxygen atoms in total. The third kappa shape index (κ3) is 2.52. The van der Waals surface area contributed by atoms with Crippen LogP contribution in [0.3, 0.4) is 0 Å². The van der Waals surface area contributed by atoms with Crippen LogP contribution in [0, 0.1) is 0 Å². The van der Waals surface area contributed by atoms with Crippen molar-refractivity contribution in [3.63, 3.8) is 0 Å². The number of rotatable bonds is 2. The van der Waals surface area contributed by atoms with Gasteiger partial charge < -0.3 is 4.74 Å². The van der Waals surface area contributed by atoms with E-state index in [-0.39, 0.29) is 5.75 Å². The molecule has 0 saturated heterocycles. The maximum absolute atomic E-state index is 12.4. The Bertz CT molecular complexity index is 467. The zero-order valence-corrected chi connectivity index (χ0v) is 8.68. The fraction of sp³-hybridized carbons (Fsp3) is 0.100. The predicted octanol–water partition coefficient (Wildman–Crippen LogP) is 3.95. The maximum Gasteiger partial charge on any atom is 0.416 e. The molecular weight excluding hydrogens is 239 g/mol. The van der Waals surface area contributed by atoms with Gasteiger partial charge in [0.1, 0.15) is 5.75 Å². The standard InChI is InChI=1S/C10H6F3NOS/c11-10(12,13)7-2-1-3-8(4-7)15-9-5-14-16-6-9/h1-6H. The van der Waals surface area contributed by atoms with Gasteiger partial charge >= 0.3 is 6.18 Å². The van der Waals surface area contributed by atoms with E-state index in [2.05, 4.69) is 4.37 Å². The van der Waals surface area contributed by atoms with Crippen LogP contribution in [0.15, 0.2) is 35.8 Å². The molecule has 0 N–H and O–H groups in total. The van der Waals surface area contributed by atoms with E-state index in [9.17, 15) is 13.2 Å². The Morgan fingerprint density at radius 1 is 1.19 bits per heavy atom. The highest BCUT2D eigenvalue weighted by molar-refractivity contribution is 7.03. The number of benzene rings is 1. The first-order valence-corrected chi connectivity index (χ1v) is 5.14. The largest absolute Gasteiger partial charge is 0.455 e. The lowest BCUT2D eigenvalue weighted by Crippen LogP contribution is -2.04. The van der Waals surface area contributed by atoms with Gasteiger partial charge in [-0.25, -0.2) is 0 Å². The van der Waals surface area contributed by atoms with E-state index in [0.29, 0.717) is 5.75 Å². The van der Waals surface area contributed by atoms with Crippen LogP contribution >= 0.6 is 11.5 Å². The third-order valence-corrected chi connectivity index (χ3v) is 2.37. The molecule has 0 aliphatic rings. The lowest BCUT2D eigenvalue weighted by atomic mass is 10.2. The Labute approximate surface area is 93.5 Å². The number of hydrogen-bond donors (Lipinski definition) is 0. The average molecular weight is 245 g/mol. The smallest absolute Gasteiger partial charge is 0.416 e. The van der Waals surface area contributed by atoms with Gasteiger partial charge in [0, 0.05) is 0 Å². The van der Waals surface area contributed by atoms with E-state index in [1.807, 2.05) is 0 Å². The molecule has 0 fully saturated rings. The van der Waals surface area contributed by atoms with Crippen LogP contribution in [0.2, 0.25) is 0 Å². The second-order valence-corrected chi connectivity index (χ2v) is 3.65. The summed E-state index contributed by atoms with van der Waals surface area (Å²) in [7, 11) is 0. The molecule has 0 spiro atoms. The van der Waals surface area contributed by atoms with E-state index in [1.54, 1.807) is 5.38 Å². The quantitative estimate of drug-likeness (QED) is 0.799. The summed E-state index contributed by atoms with van der Waals surface area (Å²) in [6.07, 6.45) is -2.91. The molecule has 0 bridgehead atoms. The molecule has 0 amide bonds. The molecule has 0 aliphatic carbocycles. The summed E-state index contributed by atoms with van der Waals surface area (Å²) in [5, 5.41) is 1.61. The molecule has 0 radical (unpaired) electrons. The summed E-state index contributed by atoms with van der Waals surface area (Å²) in [4.78, 5) is 0. The fourth-order valence-electron chi connectivity index (χ4n) is 1.12. The number of halogens is 3. The Balaban J connectivity index is 2.23. The van der Waals surface area contributed by atoms with Crippen molar-refractivity contribution in [2.24, 2.45) is 0 Å². The van der Waals surface area contributed by atoms with Gasteiger partial charge in [-0.1, -0.05) is 6.07 Å². The normalized spacial score (nSPS) is 11.4. The highest BCUT2D eigenvalue weighted by atomic mass is 32.1. The summed E-state index contributed by atoms with van der Waals surface area (Å²) in [6.45, 7) is 0. The molecule has 16 heavy (non-hydrogen) atoms. The maximum atomic E-state index is 12.4. The SMILES string of the molecule is FC(F)(F)c1cccc(Oc2cnsc2)c1. The van der Waals surface area contributed by atoms with Gasteiger partial charge in [-0.2, -0.15) is 17.5 Å². The highest BCUT2D eigenvalue weighted by Gasteiger charge is 2.30. The van der Waals surface area contributed by atoms with Crippen molar-refractivity contribution in [1.82, 2.24) is 4.37 Å². The van der Waals surface area contributed by atoms with Crippen LogP contribution in [-0.2, 0) is 6.18 Å². The second-order valence-electron chi connectivity index (χ2n) is 2.99. The van der Waals surface area contributed by atoms with Crippen molar-refractivity contribution in [1.29, 1.82) is 0 Å². The van der Waals surface area contributed by atoms with Crippen molar-refractivity contribution in [3.8, 4) is 11.5 Å². The molecule has 2 rings (SSSR count). The lowest BCUT2D eigenvalue weighted by Gasteiger charge is -2.08. The topological polar surface area (TPSA) is 22.1 Å². The monoisotopic (exact) mass is 245 g/mol. The molecule has 6 heteroatoms. The molecule has 0 atom stereocenters. The van der Waals surface area contributed by atoms with E-state index >= 15 is 0 Å². The first-order valence-electron chi connectivity index (χ1n) is 4.30. The van der Waals surface area contributed by atoms with Crippen molar-refractivity contribution >= 4 is 11.5 Å². The van der Waals surface area contributed by atoms with E-state index in [1.165, 1.54) is 29.9 Å². The Kier molecular flexibility index (Phi) is 2.82. The fourth-order valence-corrected chi connectivity index (χ4v) is 1.56. The van der Waals surface area contributed by atoms with Gasteiger partial charge in [-0.05, 0) is 29.7 Å². The molecule has 0 saturated carbocycles. The van der Waals surface area contributed by atoms with Crippen LogP contribution in [-0.4, -0.2) is 4.37 Å². The Morgan fingerprint density at radius 2 is 2.00 bits per heavy atom. The minimum absolute atomic E-state index is 0.148. The van der Waals surface area contributed by atoms with Gasteiger partial charge in [0.2, 0.25) is 0 Å². The molecule has 2 aromatic rings. The van der Waals surface area contributed by atoms with Crippen molar-refractivity contribution in [2.45, 2.75) is 6.18 Å². The summed E-state index contributed by atoms with van der Waals surface area (Å²) in [5.74, 6) is 0.583. The second kappa shape index (κ2) is 4.13. The number of ether oxygens (including phenoxy) is 1. The predicted molar refractivity (Wildman–Crippen MR) is 53.6 cm³/mol. The first kappa shape index (κ1) is 10.9. The number of aromatic nitrogens is 1. The van der Waals surface area contributed by atoms with Gasteiger partial charge in [0.05, 0.1) is 17.1 Å². The highest BCUT2D eigenvalue weighted by Crippen LogP contribution is 2.32. The van der Waals surface area contributed by atoms with Gasteiger partial charge in [0.15, 0.2) is 5.75 Å². The zero-order valence-electron chi connectivity index (χ0n) is 7.86. The third-order valence-electron chi connectivity index (χ3n) is 1.81. The zero-order chi connectivity index (χ0) is 11.6. The van der Waals surface area contributed by atoms with Crippen molar-refractivity contribution in [2.75, 3.05) is 0 Å². The van der Waals surface area contributed by atoms with Gasteiger partial charge in [-0.15, -0.1) is 0 Å². The van der Waals surface area contributed by atoms with Crippen molar-refractivity contribution in [3.05, 3.63) is 41.4 Å². The minimum Gasteiger partial charge on any atom is -0.455 e. The summed E-state index contributed by atoms with van der Waals surface area (Å²) < 4.78 is 46.1. The van der Waals surface area contributed by atoms with Crippen LogP contribution in [0.5, 0.6) is 11.5 Å². The average Bonchev–Trinajstić information content (AvgIpc) is 2.70. The number of hydrogen-bond acceptors (Lipinski definition) is 3. The van der Waals surface area contributed by atoms with E-state index in [0.717, 1.165) is 12.1 Å². The molecule has 0 unspecified atom stereocenters. The van der Waals surface area contributed by atoms with Crippen molar-refractivity contribution < 1.29 is 17.9 Å². The molecule has 1 aromatic carbocycles. The van der Waals surface area contributed by atoms with E-state index < -0.39 is 11.7 Å².